The highest BCUT2D eigenvalue weighted by Crippen LogP contribution is 2.31. The van der Waals surface area contributed by atoms with Crippen molar-refractivity contribution in [2.75, 3.05) is 36.5 Å². The molecule has 0 spiro atoms. The molecule has 0 atom stereocenters. The largest absolute Gasteiger partial charge is 0.379 e. The van der Waals surface area contributed by atoms with E-state index in [9.17, 15) is 14.0 Å². The number of nitrogens with one attached hydrogen (secondary N) is 1. The van der Waals surface area contributed by atoms with E-state index >= 15 is 0 Å². The minimum Gasteiger partial charge on any atom is -0.379 e. The van der Waals surface area contributed by atoms with Crippen LogP contribution in [0.2, 0.25) is 0 Å². The van der Waals surface area contributed by atoms with E-state index in [1.807, 2.05) is 38.1 Å². The number of amides is 2. The molecule has 2 aliphatic rings. The highest BCUT2D eigenvalue weighted by molar-refractivity contribution is 6.36. The number of nitrogens with zero attached hydrogens (tertiary/aromatic N) is 2. The summed E-state index contributed by atoms with van der Waals surface area (Å²) in [6.45, 7) is 6.71. The maximum Gasteiger partial charge on any atom is 0.278 e. The van der Waals surface area contributed by atoms with E-state index < -0.39 is 5.82 Å². The van der Waals surface area contributed by atoms with E-state index in [2.05, 4.69) is 10.2 Å². The minimum atomic E-state index is -0.397. The first-order chi connectivity index (χ1) is 16.4. The highest BCUT2D eigenvalue weighted by atomic mass is 19.1. The molecule has 0 bridgehead atoms. The zero-order chi connectivity index (χ0) is 24.1. The number of carbonyl (C=O) groups excluding carboxylic acids is 2. The van der Waals surface area contributed by atoms with Gasteiger partial charge in [-0.3, -0.25) is 14.5 Å². The number of halogens is 1. The molecule has 2 aromatic rings. The Kier molecular flexibility index (Phi) is 7.63. The highest BCUT2D eigenvalue weighted by Gasteiger charge is 2.38. The number of imide groups is 1. The van der Waals surface area contributed by atoms with Gasteiger partial charge in [-0.25, -0.2) is 4.39 Å². The molecule has 2 heterocycles. The van der Waals surface area contributed by atoms with Crippen LogP contribution in [0.1, 0.15) is 45.1 Å². The van der Waals surface area contributed by atoms with Crippen LogP contribution in [0.5, 0.6) is 0 Å². The first-order valence-corrected chi connectivity index (χ1v) is 12.0. The normalized spacial score (nSPS) is 16.7. The van der Waals surface area contributed by atoms with Gasteiger partial charge in [0.2, 0.25) is 0 Å². The number of ether oxygens (including phenoxy) is 1. The Morgan fingerprint density at radius 1 is 0.941 bits per heavy atom. The molecule has 2 aliphatic heterocycles. The molecule has 0 aliphatic carbocycles. The summed E-state index contributed by atoms with van der Waals surface area (Å²) in [5, 5.41) is 3.18. The Morgan fingerprint density at radius 2 is 1.62 bits per heavy atom. The van der Waals surface area contributed by atoms with Crippen LogP contribution in [-0.2, 0) is 14.3 Å². The number of hydrogen-bond donors (Lipinski definition) is 1. The second-order valence-corrected chi connectivity index (χ2v) is 9.01. The van der Waals surface area contributed by atoms with Crippen LogP contribution < -0.4 is 10.2 Å². The number of piperidine rings is 1. The van der Waals surface area contributed by atoms with Crippen molar-refractivity contribution in [1.29, 1.82) is 0 Å². The summed E-state index contributed by atoms with van der Waals surface area (Å²) in [7, 11) is 0. The summed E-state index contributed by atoms with van der Waals surface area (Å²) in [6.07, 6.45) is 4.30. The van der Waals surface area contributed by atoms with Gasteiger partial charge in [0, 0.05) is 37.6 Å². The quantitative estimate of drug-likeness (QED) is 0.425. The van der Waals surface area contributed by atoms with Gasteiger partial charge in [-0.15, -0.1) is 0 Å². The number of rotatable bonds is 9. The summed E-state index contributed by atoms with van der Waals surface area (Å²) in [4.78, 5) is 30.1. The van der Waals surface area contributed by atoms with Crippen molar-refractivity contribution in [3.63, 3.8) is 0 Å². The third kappa shape index (κ3) is 5.47. The van der Waals surface area contributed by atoms with E-state index in [1.165, 1.54) is 48.4 Å². The molecule has 7 heteroatoms. The third-order valence-electron chi connectivity index (χ3n) is 6.14. The molecule has 0 unspecified atom stereocenters. The molecule has 2 aromatic carbocycles. The Labute approximate surface area is 200 Å². The molecule has 1 fully saturated rings. The monoisotopic (exact) mass is 465 g/mol. The van der Waals surface area contributed by atoms with Crippen molar-refractivity contribution in [3.8, 4) is 0 Å². The van der Waals surface area contributed by atoms with Crippen LogP contribution in [0.15, 0.2) is 54.2 Å². The summed E-state index contributed by atoms with van der Waals surface area (Å²) >= 11 is 0. The predicted molar refractivity (Wildman–Crippen MR) is 132 cm³/mol. The molecule has 1 N–H and O–H groups in total. The average molecular weight is 466 g/mol. The van der Waals surface area contributed by atoms with Gasteiger partial charge in [-0.1, -0.05) is 12.1 Å². The van der Waals surface area contributed by atoms with Gasteiger partial charge < -0.3 is 15.0 Å². The standard InChI is InChI=1S/C27H32FN3O3/c1-19(2)34-18-6-17-31-26(32)24(20-7-9-21(28)10-8-20)25(27(31)33)29-22-11-13-23(14-12-22)30-15-4-3-5-16-30/h7-14,19,29H,3-6,15-18H2,1-2H3. The lowest BCUT2D eigenvalue weighted by Gasteiger charge is -2.28. The topological polar surface area (TPSA) is 61.9 Å². The molecule has 1 saturated heterocycles. The van der Waals surface area contributed by atoms with Gasteiger partial charge >= 0.3 is 0 Å². The lowest BCUT2D eigenvalue weighted by molar-refractivity contribution is -0.137. The van der Waals surface area contributed by atoms with Gasteiger partial charge in [0.1, 0.15) is 11.5 Å². The van der Waals surface area contributed by atoms with Crippen molar-refractivity contribution in [3.05, 3.63) is 65.6 Å². The number of carbonyl (C=O) groups is 2. The fourth-order valence-corrected chi connectivity index (χ4v) is 4.37. The number of hydrogen-bond acceptors (Lipinski definition) is 5. The first-order valence-electron chi connectivity index (χ1n) is 12.0. The van der Waals surface area contributed by atoms with Gasteiger partial charge in [0.25, 0.3) is 11.8 Å². The van der Waals surface area contributed by atoms with Crippen LogP contribution in [0.25, 0.3) is 5.57 Å². The molecule has 0 radical (unpaired) electrons. The van der Waals surface area contributed by atoms with Gasteiger partial charge in [-0.2, -0.15) is 0 Å². The van der Waals surface area contributed by atoms with Crippen LogP contribution >= 0.6 is 0 Å². The van der Waals surface area contributed by atoms with Gasteiger partial charge in [0.15, 0.2) is 0 Å². The Balaban J connectivity index is 1.56. The second kappa shape index (κ2) is 10.8. The molecule has 4 rings (SSSR count). The predicted octanol–water partition coefficient (Wildman–Crippen LogP) is 4.82. The van der Waals surface area contributed by atoms with E-state index in [0.29, 0.717) is 18.6 Å². The molecule has 2 amide bonds. The summed E-state index contributed by atoms with van der Waals surface area (Å²) in [5.74, 6) is -1.16. The smallest absolute Gasteiger partial charge is 0.278 e. The van der Waals surface area contributed by atoms with Crippen molar-refractivity contribution in [2.45, 2.75) is 45.6 Å². The van der Waals surface area contributed by atoms with Crippen LogP contribution in [-0.4, -0.2) is 49.1 Å². The van der Waals surface area contributed by atoms with E-state index in [4.69, 9.17) is 4.74 Å². The van der Waals surface area contributed by atoms with E-state index in [1.54, 1.807) is 0 Å². The summed E-state index contributed by atoms with van der Waals surface area (Å²) < 4.78 is 19.1. The van der Waals surface area contributed by atoms with Crippen molar-refractivity contribution in [2.24, 2.45) is 0 Å². The molecule has 180 valence electrons. The van der Waals surface area contributed by atoms with E-state index in [0.717, 1.165) is 24.5 Å². The average Bonchev–Trinajstić information content (AvgIpc) is 3.07. The third-order valence-corrected chi connectivity index (χ3v) is 6.14. The zero-order valence-corrected chi connectivity index (χ0v) is 19.9. The van der Waals surface area contributed by atoms with Crippen molar-refractivity contribution < 1.29 is 18.7 Å². The van der Waals surface area contributed by atoms with Gasteiger partial charge in [0.05, 0.1) is 11.7 Å². The maximum absolute atomic E-state index is 13.5. The number of benzene rings is 2. The van der Waals surface area contributed by atoms with Crippen LogP contribution in [0.3, 0.4) is 0 Å². The lowest BCUT2D eigenvalue weighted by Crippen LogP contribution is -2.34. The fourth-order valence-electron chi connectivity index (χ4n) is 4.37. The van der Waals surface area contributed by atoms with Crippen LogP contribution in [0.4, 0.5) is 15.8 Å². The van der Waals surface area contributed by atoms with Gasteiger partial charge in [-0.05, 0) is 81.5 Å². The lowest BCUT2D eigenvalue weighted by atomic mass is 10.0. The molecular weight excluding hydrogens is 433 g/mol. The molecule has 0 aromatic heterocycles. The zero-order valence-electron chi connectivity index (χ0n) is 19.9. The van der Waals surface area contributed by atoms with Crippen LogP contribution in [0, 0.1) is 5.82 Å². The van der Waals surface area contributed by atoms with Crippen molar-refractivity contribution >= 4 is 28.8 Å². The SMILES string of the molecule is CC(C)OCCCN1C(=O)C(Nc2ccc(N3CCCCC3)cc2)=C(c2ccc(F)cc2)C1=O. The molecule has 34 heavy (non-hydrogen) atoms. The maximum atomic E-state index is 13.5. The Bertz CT molecular complexity index is 1040. The Hall–Kier alpha value is -3.19. The summed E-state index contributed by atoms with van der Waals surface area (Å²) in [5.41, 5.74) is 2.86. The fraction of sp³-hybridized carbons (Fsp3) is 0.407. The molecule has 0 saturated carbocycles. The molecular formula is C27H32FN3O3. The Morgan fingerprint density at radius 3 is 2.26 bits per heavy atom. The summed E-state index contributed by atoms with van der Waals surface area (Å²) in [6, 6.07) is 13.6. The number of anilines is 2. The van der Waals surface area contributed by atoms with Crippen molar-refractivity contribution in [1.82, 2.24) is 4.90 Å². The second-order valence-electron chi connectivity index (χ2n) is 9.01. The van der Waals surface area contributed by atoms with E-state index in [-0.39, 0.29) is 35.7 Å². The first kappa shape index (κ1) is 24.0. The minimum absolute atomic E-state index is 0.0861. The molecule has 6 nitrogen and oxygen atoms in total.